The van der Waals surface area contributed by atoms with Gasteiger partial charge in [0.2, 0.25) is 0 Å². The van der Waals surface area contributed by atoms with Crippen LogP contribution in [0.1, 0.15) is 30.3 Å². The molecule has 1 atom stereocenters. The number of halogens is 2. The van der Waals surface area contributed by atoms with Crippen LogP contribution < -0.4 is 5.32 Å². The van der Waals surface area contributed by atoms with E-state index in [0.717, 1.165) is 32.5 Å². The molecular weight excluding hydrogens is 320 g/mol. The van der Waals surface area contributed by atoms with Crippen molar-refractivity contribution in [2.75, 3.05) is 19.6 Å². The molecule has 1 aromatic rings. The normalized spacial score (nSPS) is 18.4. The molecule has 4 nitrogen and oxygen atoms in total. The summed E-state index contributed by atoms with van der Waals surface area (Å²) in [6.07, 6.45) is 1.98. The van der Waals surface area contributed by atoms with Gasteiger partial charge < -0.3 is 14.6 Å². The minimum Gasteiger partial charge on any atom is -0.444 e. The maximum Gasteiger partial charge on any atom is 0.289 e. The van der Waals surface area contributed by atoms with Crippen molar-refractivity contribution in [3.05, 3.63) is 22.6 Å². The van der Waals surface area contributed by atoms with E-state index in [9.17, 15) is 4.79 Å². The molecule has 1 aliphatic heterocycles. The maximum atomic E-state index is 12.3. The first-order chi connectivity index (χ1) is 8.22. The lowest BCUT2D eigenvalue weighted by Crippen LogP contribution is -2.41. The Hall–Kier alpha value is -0.520. The van der Waals surface area contributed by atoms with Crippen molar-refractivity contribution in [1.29, 1.82) is 0 Å². The molecule has 1 amide bonds. The number of amides is 1. The third kappa shape index (κ3) is 3.49. The molecule has 102 valence electrons. The van der Waals surface area contributed by atoms with Gasteiger partial charge in [-0.3, -0.25) is 4.79 Å². The highest BCUT2D eigenvalue weighted by Gasteiger charge is 2.28. The molecule has 1 aliphatic rings. The minimum absolute atomic E-state index is 0. The van der Waals surface area contributed by atoms with Gasteiger partial charge in [0.1, 0.15) is 0 Å². The van der Waals surface area contributed by atoms with Crippen LogP contribution in [0.4, 0.5) is 0 Å². The summed E-state index contributed by atoms with van der Waals surface area (Å²) in [5, 5.41) is 3.29. The van der Waals surface area contributed by atoms with Crippen LogP contribution in [-0.2, 0) is 0 Å². The van der Waals surface area contributed by atoms with Gasteiger partial charge in [0.15, 0.2) is 10.4 Å². The van der Waals surface area contributed by atoms with Gasteiger partial charge >= 0.3 is 0 Å². The van der Waals surface area contributed by atoms with Gasteiger partial charge in [-0.15, -0.1) is 12.4 Å². The minimum atomic E-state index is -0.00810. The summed E-state index contributed by atoms with van der Waals surface area (Å²) < 4.78 is 5.94. The first-order valence-electron chi connectivity index (χ1n) is 5.99. The topological polar surface area (TPSA) is 45.5 Å². The van der Waals surface area contributed by atoms with Crippen molar-refractivity contribution in [2.45, 2.75) is 25.8 Å². The fourth-order valence-corrected chi connectivity index (χ4v) is 2.47. The van der Waals surface area contributed by atoms with Crippen LogP contribution in [0.2, 0.25) is 0 Å². The number of nitrogens with one attached hydrogen (secondary N) is 1. The summed E-state index contributed by atoms with van der Waals surface area (Å²) >= 11 is 3.22. The van der Waals surface area contributed by atoms with E-state index < -0.39 is 0 Å². The SMILES string of the molecule is CCCN(C(=O)c1ccc(Br)o1)C1CCNC1.Cl. The first kappa shape index (κ1) is 15.5. The summed E-state index contributed by atoms with van der Waals surface area (Å²) in [5.41, 5.74) is 0. The Bertz CT molecular complexity index is 391. The molecule has 1 N–H and O–H groups in total. The number of furan rings is 1. The van der Waals surface area contributed by atoms with Crippen molar-refractivity contribution in [1.82, 2.24) is 10.2 Å². The summed E-state index contributed by atoms with van der Waals surface area (Å²) in [4.78, 5) is 14.2. The molecule has 18 heavy (non-hydrogen) atoms. The van der Waals surface area contributed by atoms with E-state index in [1.54, 1.807) is 12.1 Å². The van der Waals surface area contributed by atoms with Crippen LogP contribution in [0.5, 0.6) is 0 Å². The van der Waals surface area contributed by atoms with E-state index in [0.29, 0.717) is 16.5 Å². The Balaban J connectivity index is 0.00000162. The van der Waals surface area contributed by atoms with Gasteiger partial charge in [0, 0.05) is 19.1 Å². The molecule has 6 heteroatoms. The second kappa shape index (κ2) is 7.16. The average Bonchev–Trinajstić information content (AvgIpc) is 2.95. The molecule has 1 aromatic heterocycles. The Morgan fingerprint density at radius 2 is 2.39 bits per heavy atom. The van der Waals surface area contributed by atoms with Crippen molar-refractivity contribution in [3.8, 4) is 0 Å². The largest absolute Gasteiger partial charge is 0.444 e. The fraction of sp³-hybridized carbons (Fsp3) is 0.583. The maximum absolute atomic E-state index is 12.3. The summed E-state index contributed by atoms with van der Waals surface area (Å²) in [6, 6.07) is 3.77. The monoisotopic (exact) mass is 336 g/mol. The highest BCUT2D eigenvalue weighted by atomic mass is 79.9. The van der Waals surface area contributed by atoms with Crippen molar-refractivity contribution < 1.29 is 9.21 Å². The zero-order chi connectivity index (χ0) is 12.3. The second-order valence-corrected chi connectivity index (χ2v) is 5.03. The molecule has 0 bridgehead atoms. The van der Waals surface area contributed by atoms with Gasteiger partial charge in [-0.05, 0) is 47.4 Å². The lowest BCUT2D eigenvalue weighted by molar-refractivity contribution is 0.0658. The van der Waals surface area contributed by atoms with E-state index in [-0.39, 0.29) is 18.3 Å². The van der Waals surface area contributed by atoms with E-state index in [4.69, 9.17) is 4.42 Å². The van der Waals surface area contributed by atoms with Gasteiger partial charge in [-0.2, -0.15) is 0 Å². The van der Waals surface area contributed by atoms with Crippen LogP contribution in [0.3, 0.4) is 0 Å². The zero-order valence-corrected chi connectivity index (χ0v) is 12.7. The predicted octanol–water partition coefficient (Wildman–Crippen LogP) is 2.68. The third-order valence-corrected chi connectivity index (χ3v) is 3.41. The Labute approximate surface area is 122 Å². The molecule has 0 radical (unpaired) electrons. The van der Waals surface area contributed by atoms with Crippen LogP contribution in [0.15, 0.2) is 21.2 Å². The lowest BCUT2D eigenvalue weighted by atomic mass is 10.2. The first-order valence-corrected chi connectivity index (χ1v) is 6.78. The van der Waals surface area contributed by atoms with Crippen molar-refractivity contribution in [3.63, 3.8) is 0 Å². The molecule has 0 saturated carbocycles. The van der Waals surface area contributed by atoms with Crippen molar-refractivity contribution in [2.24, 2.45) is 0 Å². The van der Waals surface area contributed by atoms with Gasteiger partial charge in [0.25, 0.3) is 5.91 Å². The number of rotatable bonds is 4. The molecule has 0 aromatic carbocycles. The number of nitrogens with zero attached hydrogens (tertiary/aromatic N) is 1. The molecule has 0 spiro atoms. The molecule has 1 saturated heterocycles. The standard InChI is InChI=1S/C12H17BrN2O2.ClH/c1-2-7-15(9-5-6-14-8-9)12(16)10-3-4-11(13)17-10;/h3-4,9,14H,2,5-8H2,1H3;1H. The van der Waals surface area contributed by atoms with Crippen LogP contribution in [0, 0.1) is 0 Å². The highest BCUT2D eigenvalue weighted by Crippen LogP contribution is 2.18. The van der Waals surface area contributed by atoms with E-state index in [1.807, 2.05) is 4.90 Å². The van der Waals surface area contributed by atoms with E-state index >= 15 is 0 Å². The second-order valence-electron chi connectivity index (χ2n) is 4.25. The molecule has 2 heterocycles. The van der Waals surface area contributed by atoms with Gasteiger partial charge in [-0.25, -0.2) is 0 Å². The Kier molecular flexibility index (Phi) is 6.18. The Morgan fingerprint density at radius 3 is 2.89 bits per heavy atom. The van der Waals surface area contributed by atoms with E-state index in [2.05, 4.69) is 28.2 Å². The van der Waals surface area contributed by atoms with Crippen molar-refractivity contribution >= 4 is 34.2 Å². The molecule has 0 aliphatic carbocycles. The number of carbonyl (C=O) groups excluding carboxylic acids is 1. The third-order valence-electron chi connectivity index (χ3n) is 2.98. The summed E-state index contributed by atoms with van der Waals surface area (Å²) in [7, 11) is 0. The Morgan fingerprint density at radius 1 is 1.61 bits per heavy atom. The van der Waals surface area contributed by atoms with Crippen LogP contribution >= 0.6 is 28.3 Å². The smallest absolute Gasteiger partial charge is 0.289 e. The number of hydrogen-bond acceptors (Lipinski definition) is 3. The number of carbonyl (C=O) groups is 1. The quantitative estimate of drug-likeness (QED) is 0.919. The highest BCUT2D eigenvalue weighted by molar-refractivity contribution is 9.10. The van der Waals surface area contributed by atoms with Crippen LogP contribution in [-0.4, -0.2) is 36.5 Å². The number of hydrogen-bond donors (Lipinski definition) is 1. The molecule has 1 unspecified atom stereocenters. The van der Waals surface area contributed by atoms with Gasteiger partial charge in [0.05, 0.1) is 0 Å². The zero-order valence-electron chi connectivity index (χ0n) is 10.3. The van der Waals surface area contributed by atoms with Gasteiger partial charge in [-0.1, -0.05) is 6.92 Å². The molecule has 2 rings (SSSR count). The lowest BCUT2D eigenvalue weighted by Gasteiger charge is -2.27. The molecular formula is C12H18BrClN2O2. The molecule has 1 fully saturated rings. The fourth-order valence-electron chi connectivity index (χ4n) is 2.17. The summed E-state index contributed by atoms with van der Waals surface area (Å²) in [6.45, 7) is 4.73. The summed E-state index contributed by atoms with van der Waals surface area (Å²) in [5.74, 6) is 0.406. The predicted molar refractivity (Wildman–Crippen MR) is 76.3 cm³/mol. The van der Waals surface area contributed by atoms with Crippen LogP contribution in [0.25, 0.3) is 0 Å². The van der Waals surface area contributed by atoms with E-state index in [1.165, 1.54) is 0 Å². The average molecular weight is 338 g/mol.